The molecule has 17 heavy (non-hydrogen) atoms. The molecule has 3 nitrogen and oxygen atoms in total. The van der Waals surface area contributed by atoms with Crippen LogP contribution in [0.3, 0.4) is 0 Å². The Hall–Kier alpha value is -1.35. The molecule has 94 valence electrons. The molecule has 0 aromatic carbocycles. The van der Waals surface area contributed by atoms with Crippen LogP contribution in [0.15, 0.2) is 30.4 Å². The predicted octanol–water partition coefficient (Wildman–Crippen LogP) is 2.92. The van der Waals surface area contributed by atoms with E-state index >= 15 is 0 Å². The smallest absolute Gasteiger partial charge is 0.213 e. The maximum Gasteiger partial charge on any atom is 0.213 e. The van der Waals surface area contributed by atoms with Crippen molar-refractivity contribution in [3.63, 3.8) is 0 Å². The average Bonchev–Trinajstić information content (AvgIpc) is 2.26. The molecule has 3 heteroatoms. The summed E-state index contributed by atoms with van der Waals surface area (Å²) >= 11 is 0. The van der Waals surface area contributed by atoms with Crippen LogP contribution >= 0.6 is 0 Å². The van der Waals surface area contributed by atoms with Gasteiger partial charge >= 0.3 is 0 Å². The number of ether oxygens (including phenoxy) is 1. The zero-order valence-corrected chi connectivity index (χ0v) is 11.0. The maximum atomic E-state index is 5.56. The third-order valence-corrected chi connectivity index (χ3v) is 2.25. The Bertz CT molecular complexity index is 361. The first-order valence-electron chi connectivity index (χ1n) is 6.04. The fourth-order valence-corrected chi connectivity index (χ4v) is 1.27. The zero-order chi connectivity index (χ0) is 12.7. The van der Waals surface area contributed by atoms with Gasteiger partial charge in [0.2, 0.25) is 5.88 Å². The Kier molecular flexibility index (Phi) is 5.70. The van der Waals surface area contributed by atoms with E-state index in [1.165, 1.54) is 0 Å². The van der Waals surface area contributed by atoms with Crippen LogP contribution in [-0.2, 0) is 6.54 Å². The first-order valence-corrected chi connectivity index (χ1v) is 6.04. The fraction of sp³-hybridized carbons (Fsp3) is 0.500. The van der Waals surface area contributed by atoms with E-state index in [0.29, 0.717) is 18.5 Å². The van der Waals surface area contributed by atoms with Crippen LogP contribution in [0.5, 0.6) is 5.88 Å². The second kappa shape index (κ2) is 7.07. The molecule has 1 rings (SSSR count). The van der Waals surface area contributed by atoms with Crippen LogP contribution in [0, 0.1) is 0 Å². The zero-order valence-electron chi connectivity index (χ0n) is 11.0. The van der Waals surface area contributed by atoms with Gasteiger partial charge in [-0.2, -0.15) is 0 Å². The highest BCUT2D eigenvalue weighted by Crippen LogP contribution is 2.09. The van der Waals surface area contributed by atoms with Crippen molar-refractivity contribution >= 4 is 0 Å². The lowest BCUT2D eigenvalue weighted by Gasteiger charge is -2.09. The van der Waals surface area contributed by atoms with Gasteiger partial charge in [-0.25, -0.2) is 4.98 Å². The van der Waals surface area contributed by atoms with Gasteiger partial charge in [-0.1, -0.05) is 25.5 Å². The van der Waals surface area contributed by atoms with E-state index in [0.717, 1.165) is 24.2 Å². The summed E-state index contributed by atoms with van der Waals surface area (Å²) in [6.45, 7) is 11.5. The molecule has 0 fully saturated rings. The molecular formula is C14H22N2O. The fourth-order valence-electron chi connectivity index (χ4n) is 1.27. The lowest BCUT2D eigenvalue weighted by Crippen LogP contribution is -2.22. The molecule has 0 atom stereocenters. The minimum atomic E-state index is 0.463. The van der Waals surface area contributed by atoms with Crippen LogP contribution in [0.2, 0.25) is 0 Å². The second-order valence-corrected chi connectivity index (χ2v) is 4.56. The Morgan fingerprint density at radius 3 is 2.88 bits per heavy atom. The molecule has 0 aliphatic carbocycles. The van der Waals surface area contributed by atoms with E-state index in [1.54, 1.807) is 0 Å². The lowest BCUT2D eigenvalue weighted by molar-refractivity contribution is 0.308. The van der Waals surface area contributed by atoms with E-state index in [2.05, 4.69) is 30.7 Å². The highest BCUT2D eigenvalue weighted by Gasteiger charge is 2.00. The molecular weight excluding hydrogens is 212 g/mol. The van der Waals surface area contributed by atoms with Gasteiger partial charge < -0.3 is 10.1 Å². The molecule has 1 N–H and O–H groups in total. The van der Waals surface area contributed by atoms with Crippen molar-refractivity contribution in [3.8, 4) is 5.88 Å². The van der Waals surface area contributed by atoms with E-state index in [1.807, 2.05) is 25.1 Å². The first kappa shape index (κ1) is 13.7. The summed E-state index contributed by atoms with van der Waals surface area (Å²) in [6, 6.07) is 6.32. The maximum absolute atomic E-state index is 5.56. The van der Waals surface area contributed by atoms with E-state index in [4.69, 9.17) is 4.74 Å². The molecule has 0 aliphatic heterocycles. The Morgan fingerprint density at radius 1 is 1.47 bits per heavy atom. The number of rotatable bonds is 7. The summed E-state index contributed by atoms with van der Waals surface area (Å²) in [4.78, 5) is 4.43. The van der Waals surface area contributed by atoms with Crippen molar-refractivity contribution in [2.24, 2.45) is 0 Å². The highest BCUT2D eigenvalue weighted by atomic mass is 16.5. The van der Waals surface area contributed by atoms with Crippen LogP contribution in [0.1, 0.15) is 32.9 Å². The second-order valence-electron chi connectivity index (χ2n) is 4.56. The van der Waals surface area contributed by atoms with E-state index in [-0.39, 0.29) is 0 Å². The SMILES string of the molecule is C=C(C)CCOc1cccc(CNC(C)C)n1. The topological polar surface area (TPSA) is 34.1 Å². The van der Waals surface area contributed by atoms with E-state index < -0.39 is 0 Å². The Morgan fingerprint density at radius 2 is 2.24 bits per heavy atom. The lowest BCUT2D eigenvalue weighted by atomic mass is 10.3. The van der Waals surface area contributed by atoms with Crippen molar-refractivity contribution in [2.75, 3.05) is 6.61 Å². The molecule has 1 aromatic rings. The molecule has 0 aliphatic rings. The van der Waals surface area contributed by atoms with Crippen molar-refractivity contribution in [1.29, 1.82) is 0 Å². The highest BCUT2D eigenvalue weighted by molar-refractivity contribution is 5.15. The van der Waals surface area contributed by atoms with Crippen LogP contribution in [-0.4, -0.2) is 17.6 Å². The van der Waals surface area contributed by atoms with Crippen molar-refractivity contribution < 1.29 is 4.74 Å². The van der Waals surface area contributed by atoms with Gasteiger partial charge in [0.05, 0.1) is 12.3 Å². The molecule has 0 saturated carbocycles. The molecule has 0 unspecified atom stereocenters. The molecule has 0 bridgehead atoms. The van der Waals surface area contributed by atoms with Gasteiger partial charge in [0.15, 0.2) is 0 Å². The molecule has 0 spiro atoms. The molecule has 1 aromatic heterocycles. The van der Waals surface area contributed by atoms with Gasteiger partial charge in [-0.05, 0) is 13.0 Å². The summed E-state index contributed by atoms with van der Waals surface area (Å²) in [5.41, 5.74) is 2.13. The largest absolute Gasteiger partial charge is 0.477 e. The third kappa shape index (κ3) is 6.07. The Labute approximate surface area is 104 Å². The van der Waals surface area contributed by atoms with Gasteiger partial charge in [-0.3, -0.25) is 0 Å². The number of nitrogens with one attached hydrogen (secondary N) is 1. The van der Waals surface area contributed by atoms with Crippen molar-refractivity contribution in [3.05, 3.63) is 36.0 Å². The van der Waals surface area contributed by atoms with Gasteiger partial charge in [-0.15, -0.1) is 6.58 Å². The molecule has 0 amide bonds. The minimum Gasteiger partial charge on any atom is -0.477 e. The summed E-state index contributed by atoms with van der Waals surface area (Å²) in [6.07, 6.45) is 0.871. The number of aromatic nitrogens is 1. The number of hydrogen-bond acceptors (Lipinski definition) is 3. The number of pyridine rings is 1. The summed E-state index contributed by atoms with van der Waals surface area (Å²) < 4.78 is 5.56. The van der Waals surface area contributed by atoms with Crippen LogP contribution in [0.4, 0.5) is 0 Å². The minimum absolute atomic E-state index is 0.463. The Balaban J connectivity index is 2.45. The van der Waals surface area contributed by atoms with E-state index in [9.17, 15) is 0 Å². The summed E-state index contributed by atoms with van der Waals surface area (Å²) in [5.74, 6) is 0.689. The number of nitrogens with zero attached hydrogens (tertiary/aromatic N) is 1. The molecule has 0 radical (unpaired) electrons. The third-order valence-electron chi connectivity index (χ3n) is 2.25. The molecule has 1 heterocycles. The quantitative estimate of drug-likeness (QED) is 0.737. The van der Waals surface area contributed by atoms with Crippen molar-refractivity contribution in [2.45, 2.75) is 39.8 Å². The first-order chi connectivity index (χ1) is 8.08. The van der Waals surface area contributed by atoms with Gasteiger partial charge in [0, 0.05) is 25.1 Å². The van der Waals surface area contributed by atoms with Crippen LogP contribution < -0.4 is 10.1 Å². The van der Waals surface area contributed by atoms with Crippen molar-refractivity contribution in [1.82, 2.24) is 10.3 Å². The summed E-state index contributed by atoms with van der Waals surface area (Å²) in [5, 5.41) is 3.33. The molecule has 0 saturated heterocycles. The average molecular weight is 234 g/mol. The van der Waals surface area contributed by atoms with Crippen LogP contribution in [0.25, 0.3) is 0 Å². The normalized spacial score (nSPS) is 10.6. The van der Waals surface area contributed by atoms with Gasteiger partial charge in [0.1, 0.15) is 0 Å². The van der Waals surface area contributed by atoms with Gasteiger partial charge in [0.25, 0.3) is 0 Å². The number of hydrogen-bond donors (Lipinski definition) is 1. The predicted molar refractivity (Wildman–Crippen MR) is 71.1 cm³/mol. The summed E-state index contributed by atoms with van der Waals surface area (Å²) in [7, 11) is 0. The standard InChI is InChI=1S/C14H22N2O/c1-11(2)8-9-17-14-7-5-6-13(16-14)10-15-12(3)4/h5-7,12,15H,1,8-10H2,2-4H3. The monoisotopic (exact) mass is 234 g/mol.